The van der Waals surface area contributed by atoms with E-state index in [1.165, 1.54) is 34.6 Å². The van der Waals surface area contributed by atoms with Gasteiger partial charge >= 0.3 is 18.4 Å². The van der Waals surface area contributed by atoms with Crippen LogP contribution >= 0.6 is 0 Å². The minimum Gasteiger partial charge on any atom is -0.444 e. The van der Waals surface area contributed by atoms with Crippen LogP contribution in [0, 0.1) is 5.41 Å². The highest BCUT2D eigenvalue weighted by Gasteiger charge is 2.76. The topological polar surface area (TPSA) is 38.8 Å². The number of amides is 1. The van der Waals surface area contributed by atoms with E-state index in [9.17, 15) is 31.1 Å². The number of ether oxygens (including phenoxy) is 2. The lowest BCUT2D eigenvalue weighted by Crippen LogP contribution is -2.65. The van der Waals surface area contributed by atoms with Crippen LogP contribution < -0.4 is 0 Å². The van der Waals surface area contributed by atoms with Crippen molar-refractivity contribution in [2.45, 2.75) is 70.8 Å². The van der Waals surface area contributed by atoms with Gasteiger partial charge in [-0.1, -0.05) is 6.08 Å². The van der Waals surface area contributed by atoms with Crippen molar-refractivity contribution in [2.24, 2.45) is 5.41 Å². The summed E-state index contributed by atoms with van der Waals surface area (Å²) in [6.45, 7) is 8.87. The Labute approximate surface area is 148 Å². The Kier molecular flexibility index (Phi) is 5.75. The molecule has 0 spiro atoms. The second kappa shape index (κ2) is 6.61. The van der Waals surface area contributed by atoms with Gasteiger partial charge < -0.3 is 9.47 Å². The van der Waals surface area contributed by atoms with Gasteiger partial charge in [0.1, 0.15) is 11.3 Å². The van der Waals surface area contributed by atoms with E-state index in [1.54, 1.807) is 0 Å². The van der Waals surface area contributed by atoms with E-state index in [-0.39, 0.29) is 0 Å². The van der Waals surface area contributed by atoms with Crippen molar-refractivity contribution in [3.05, 3.63) is 12.7 Å². The van der Waals surface area contributed by atoms with E-state index in [2.05, 4.69) is 6.58 Å². The Morgan fingerprint density at radius 3 is 2.00 bits per heavy atom. The highest BCUT2D eigenvalue weighted by atomic mass is 19.4. The van der Waals surface area contributed by atoms with Crippen LogP contribution in [0.25, 0.3) is 0 Å². The van der Waals surface area contributed by atoms with Gasteiger partial charge in [0, 0.05) is 0 Å². The standard InChI is InChI=1S/C16H23F6NO3/c1-7-8-14(15(17,18)19,16(20,21)22)10-9-25-13(5,6)23(10)11(24)26-12(2,3)4/h7,10H,1,8-9H2,2-6H3. The van der Waals surface area contributed by atoms with Gasteiger partial charge in [0.15, 0.2) is 5.41 Å². The number of alkyl halides is 6. The molecule has 0 N–H and O–H groups in total. The van der Waals surface area contributed by atoms with Crippen molar-refractivity contribution in [1.82, 2.24) is 4.90 Å². The third-order valence-electron chi connectivity index (χ3n) is 4.12. The molecule has 0 bridgehead atoms. The van der Waals surface area contributed by atoms with Crippen molar-refractivity contribution >= 4 is 6.09 Å². The molecule has 1 aliphatic rings. The number of allylic oxidation sites excluding steroid dienone is 1. The zero-order chi connectivity index (χ0) is 20.8. The maximum atomic E-state index is 13.7. The number of rotatable bonds is 3. The van der Waals surface area contributed by atoms with Crippen molar-refractivity contribution in [3.63, 3.8) is 0 Å². The Morgan fingerprint density at radius 2 is 1.65 bits per heavy atom. The highest BCUT2D eigenvalue weighted by Crippen LogP contribution is 2.58. The molecular weight excluding hydrogens is 368 g/mol. The van der Waals surface area contributed by atoms with Crippen LogP contribution in [0.4, 0.5) is 31.1 Å². The van der Waals surface area contributed by atoms with E-state index in [4.69, 9.17) is 9.47 Å². The number of hydrogen-bond donors (Lipinski definition) is 0. The summed E-state index contributed by atoms with van der Waals surface area (Å²) in [6.07, 6.45) is -13.6. The summed E-state index contributed by atoms with van der Waals surface area (Å²) in [6, 6.07) is -2.36. The summed E-state index contributed by atoms with van der Waals surface area (Å²) in [5, 5.41) is 0. The molecule has 1 aliphatic heterocycles. The molecule has 0 aromatic carbocycles. The summed E-state index contributed by atoms with van der Waals surface area (Å²) in [7, 11) is 0. The van der Waals surface area contributed by atoms with Crippen molar-refractivity contribution in [1.29, 1.82) is 0 Å². The van der Waals surface area contributed by atoms with E-state index in [0.29, 0.717) is 11.0 Å². The first-order chi connectivity index (χ1) is 11.4. The van der Waals surface area contributed by atoms with Crippen LogP contribution in [0.15, 0.2) is 12.7 Å². The monoisotopic (exact) mass is 391 g/mol. The lowest BCUT2D eigenvalue weighted by atomic mass is 9.75. The molecule has 1 fully saturated rings. The fourth-order valence-electron chi connectivity index (χ4n) is 2.96. The Morgan fingerprint density at radius 1 is 1.19 bits per heavy atom. The molecule has 0 aliphatic carbocycles. The predicted octanol–water partition coefficient (Wildman–Crippen LogP) is 5.05. The summed E-state index contributed by atoms with van der Waals surface area (Å²) < 4.78 is 92.6. The van der Waals surface area contributed by atoms with Gasteiger partial charge in [0.05, 0.1) is 12.6 Å². The average molecular weight is 391 g/mol. The quantitative estimate of drug-likeness (QED) is 0.500. The molecule has 26 heavy (non-hydrogen) atoms. The van der Waals surface area contributed by atoms with Crippen LogP contribution in [0.2, 0.25) is 0 Å². The fourth-order valence-corrected chi connectivity index (χ4v) is 2.96. The molecule has 0 radical (unpaired) electrons. The molecular formula is C16H23F6NO3. The van der Waals surface area contributed by atoms with Gasteiger partial charge in [-0.15, -0.1) is 6.58 Å². The smallest absolute Gasteiger partial charge is 0.412 e. The Balaban J connectivity index is 3.58. The van der Waals surface area contributed by atoms with Gasteiger partial charge in [-0.25, -0.2) is 4.79 Å². The zero-order valence-corrected chi connectivity index (χ0v) is 15.2. The third kappa shape index (κ3) is 3.94. The number of carbonyl (C=O) groups is 1. The number of hydrogen-bond acceptors (Lipinski definition) is 3. The number of nitrogens with zero attached hydrogens (tertiary/aromatic N) is 1. The molecule has 1 atom stereocenters. The Hall–Kier alpha value is -1.45. The van der Waals surface area contributed by atoms with Crippen LogP contribution in [-0.2, 0) is 9.47 Å². The van der Waals surface area contributed by atoms with Gasteiger partial charge in [-0.05, 0) is 41.0 Å². The van der Waals surface area contributed by atoms with Gasteiger partial charge in [-0.3, -0.25) is 4.90 Å². The van der Waals surface area contributed by atoms with Crippen LogP contribution in [0.5, 0.6) is 0 Å². The summed E-state index contributed by atoms with van der Waals surface area (Å²) in [5.41, 5.74) is -7.06. The minimum atomic E-state index is -5.70. The molecule has 0 saturated carbocycles. The molecule has 0 aromatic heterocycles. The van der Waals surface area contributed by atoms with Gasteiger partial charge in [0.25, 0.3) is 0 Å². The zero-order valence-electron chi connectivity index (χ0n) is 15.2. The molecule has 1 saturated heterocycles. The second-order valence-electron chi connectivity index (χ2n) is 7.58. The molecule has 1 unspecified atom stereocenters. The van der Waals surface area contributed by atoms with E-state index in [1.807, 2.05) is 0 Å². The molecule has 0 aromatic rings. The lowest BCUT2D eigenvalue weighted by Gasteiger charge is -2.45. The molecule has 152 valence electrons. The summed E-state index contributed by atoms with van der Waals surface area (Å²) in [4.78, 5) is 12.8. The van der Waals surface area contributed by atoms with Crippen molar-refractivity contribution in [2.75, 3.05) is 6.61 Å². The molecule has 10 heteroatoms. The lowest BCUT2D eigenvalue weighted by molar-refractivity contribution is -0.354. The number of carbonyl (C=O) groups excluding carboxylic acids is 1. The normalized spacial score (nSPS) is 21.7. The molecule has 1 heterocycles. The van der Waals surface area contributed by atoms with Crippen molar-refractivity contribution < 1.29 is 40.6 Å². The minimum absolute atomic E-state index is 0.392. The van der Waals surface area contributed by atoms with E-state index < -0.39 is 54.3 Å². The summed E-state index contributed by atoms with van der Waals surface area (Å²) >= 11 is 0. The van der Waals surface area contributed by atoms with E-state index >= 15 is 0 Å². The highest BCUT2D eigenvalue weighted by molar-refractivity contribution is 5.70. The maximum absolute atomic E-state index is 13.7. The van der Waals surface area contributed by atoms with Crippen LogP contribution in [-0.4, -0.2) is 47.3 Å². The molecule has 4 nitrogen and oxygen atoms in total. The van der Waals surface area contributed by atoms with Crippen molar-refractivity contribution in [3.8, 4) is 0 Å². The average Bonchev–Trinajstić information content (AvgIpc) is 2.66. The third-order valence-corrected chi connectivity index (χ3v) is 4.12. The van der Waals surface area contributed by atoms with Gasteiger partial charge in [-0.2, -0.15) is 26.3 Å². The van der Waals surface area contributed by atoms with Gasteiger partial charge in [0.2, 0.25) is 0 Å². The largest absolute Gasteiger partial charge is 0.444 e. The second-order valence-corrected chi connectivity index (χ2v) is 7.58. The van der Waals surface area contributed by atoms with E-state index in [0.717, 1.165) is 0 Å². The first kappa shape index (κ1) is 22.6. The fraction of sp³-hybridized carbons (Fsp3) is 0.812. The van der Waals surface area contributed by atoms with Crippen LogP contribution in [0.3, 0.4) is 0 Å². The Bertz CT molecular complexity index is 534. The molecule has 1 amide bonds. The maximum Gasteiger partial charge on any atom is 0.412 e. The first-order valence-electron chi connectivity index (χ1n) is 7.81. The first-order valence-corrected chi connectivity index (χ1v) is 7.81. The van der Waals surface area contributed by atoms with Crippen LogP contribution in [0.1, 0.15) is 41.0 Å². The predicted molar refractivity (Wildman–Crippen MR) is 81.2 cm³/mol. The SMILES string of the molecule is C=CCC(C1COC(C)(C)N1C(=O)OC(C)(C)C)(C(F)(F)F)C(F)(F)F. The number of halogens is 6. The summed E-state index contributed by atoms with van der Waals surface area (Å²) in [5.74, 6) is 0. The molecule has 1 rings (SSSR count).